The van der Waals surface area contributed by atoms with Crippen LogP contribution in [0.25, 0.3) is 0 Å². The van der Waals surface area contributed by atoms with Crippen molar-refractivity contribution in [3.8, 4) is 11.5 Å². The Balaban J connectivity index is 0.000000200. The van der Waals surface area contributed by atoms with Crippen LogP contribution in [0.1, 0.15) is 22.3 Å². The Bertz CT molecular complexity index is 539. The Labute approximate surface area is 122 Å². The van der Waals surface area contributed by atoms with Gasteiger partial charge in [0.1, 0.15) is 11.5 Å². The summed E-state index contributed by atoms with van der Waals surface area (Å²) in [6, 6.07) is 12.3. The molecule has 2 rings (SSSR count). The molecule has 0 aliphatic rings. The molecule has 2 aromatic carbocycles. The maximum absolute atomic E-state index is 5.18. The van der Waals surface area contributed by atoms with Gasteiger partial charge in [-0.25, -0.2) is 0 Å². The third-order valence-electron chi connectivity index (χ3n) is 3.18. The fourth-order valence-corrected chi connectivity index (χ4v) is 2.05. The molecule has 0 amide bonds. The molecular formula is C18H24O2. The van der Waals surface area contributed by atoms with Crippen LogP contribution < -0.4 is 9.47 Å². The first kappa shape index (κ1) is 16.1. The van der Waals surface area contributed by atoms with E-state index in [0.29, 0.717) is 0 Å². The normalized spacial score (nSPS) is 9.50. The van der Waals surface area contributed by atoms with E-state index in [1.807, 2.05) is 45.0 Å². The van der Waals surface area contributed by atoms with Crippen molar-refractivity contribution in [1.29, 1.82) is 0 Å². The summed E-state index contributed by atoms with van der Waals surface area (Å²) in [6.07, 6.45) is 0. The highest BCUT2D eigenvalue weighted by molar-refractivity contribution is 5.39. The molecule has 0 spiro atoms. The SMILES string of the molecule is COc1c(C)cccc1C.COc1cc(C)ccc1C. The molecule has 0 aromatic heterocycles. The molecule has 0 saturated heterocycles. The van der Waals surface area contributed by atoms with Gasteiger partial charge in [0.2, 0.25) is 0 Å². The number of benzene rings is 2. The van der Waals surface area contributed by atoms with E-state index in [1.165, 1.54) is 22.3 Å². The Kier molecular flexibility index (Phi) is 6.10. The van der Waals surface area contributed by atoms with E-state index in [4.69, 9.17) is 9.47 Å². The van der Waals surface area contributed by atoms with Crippen LogP contribution in [0, 0.1) is 27.7 Å². The molecule has 2 aromatic rings. The van der Waals surface area contributed by atoms with E-state index in [2.05, 4.69) is 19.1 Å². The summed E-state index contributed by atoms with van der Waals surface area (Å²) in [5.41, 5.74) is 4.82. The summed E-state index contributed by atoms with van der Waals surface area (Å²) >= 11 is 0. The van der Waals surface area contributed by atoms with Gasteiger partial charge in [-0.1, -0.05) is 30.3 Å². The largest absolute Gasteiger partial charge is 0.496 e. The lowest BCUT2D eigenvalue weighted by molar-refractivity contribution is 0.408. The molecular weight excluding hydrogens is 248 g/mol. The monoisotopic (exact) mass is 272 g/mol. The van der Waals surface area contributed by atoms with Crippen LogP contribution in [0.4, 0.5) is 0 Å². The Morgan fingerprint density at radius 2 is 1.30 bits per heavy atom. The molecule has 0 unspecified atom stereocenters. The second-order valence-corrected chi connectivity index (χ2v) is 4.90. The Morgan fingerprint density at radius 3 is 1.70 bits per heavy atom. The average molecular weight is 272 g/mol. The van der Waals surface area contributed by atoms with Gasteiger partial charge in [0.25, 0.3) is 0 Å². The smallest absolute Gasteiger partial charge is 0.124 e. The maximum Gasteiger partial charge on any atom is 0.124 e. The standard InChI is InChI=1S/2C9H12O/c1-7-4-5-8(2)9(6-7)10-3;1-7-5-4-6-8(2)9(7)10-3/h2*4-6H,1-3H3. The number of methoxy groups -OCH3 is 2. The minimum atomic E-state index is 0.972. The van der Waals surface area contributed by atoms with Crippen LogP contribution in [0.3, 0.4) is 0 Å². The van der Waals surface area contributed by atoms with Gasteiger partial charge in [0.05, 0.1) is 14.2 Å². The van der Waals surface area contributed by atoms with Crippen molar-refractivity contribution in [1.82, 2.24) is 0 Å². The molecule has 108 valence electrons. The van der Waals surface area contributed by atoms with Crippen LogP contribution in [0.5, 0.6) is 11.5 Å². The van der Waals surface area contributed by atoms with E-state index in [1.54, 1.807) is 14.2 Å². The fraction of sp³-hybridized carbons (Fsp3) is 0.333. The summed E-state index contributed by atoms with van der Waals surface area (Å²) in [6.45, 7) is 8.19. The van der Waals surface area contributed by atoms with Crippen molar-refractivity contribution >= 4 is 0 Å². The third kappa shape index (κ3) is 4.30. The predicted octanol–water partition coefficient (Wildman–Crippen LogP) is 4.62. The second-order valence-electron chi connectivity index (χ2n) is 4.90. The minimum Gasteiger partial charge on any atom is -0.496 e. The third-order valence-corrected chi connectivity index (χ3v) is 3.18. The summed E-state index contributed by atoms with van der Waals surface area (Å²) in [5, 5.41) is 0. The summed E-state index contributed by atoms with van der Waals surface area (Å²) < 4.78 is 10.3. The summed E-state index contributed by atoms with van der Waals surface area (Å²) in [4.78, 5) is 0. The van der Waals surface area contributed by atoms with Gasteiger partial charge in [-0.15, -0.1) is 0 Å². The lowest BCUT2D eigenvalue weighted by Gasteiger charge is -2.06. The molecule has 0 fully saturated rings. The Hall–Kier alpha value is -1.96. The van der Waals surface area contributed by atoms with Gasteiger partial charge in [-0.2, -0.15) is 0 Å². The van der Waals surface area contributed by atoms with Crippen molar-refractivity contribution < 1.29 is 9.47 Å². The number of rotatable bonds is 2. The van der Waals surface area contributed by atoms with Gasteiger partial charge in [-0.3, -0.25) is 0 Å². The van der Waals surface area contributed by atoms with Crippen LogP contribution in [-0.4, -0.2) is 14.2 Å². The predicted molar refractivity (Wildman–Crippen MR) is 84.9 cm³/mol. The van der Waals surface area contributed by atoms with E-state index in [9.17, 15) is 0 Å². The highest BCUT2D eigenvalue weighted by atomic mass is 16.5. The van der Waals surface area contributed by atoms with Crippen LogP contribution in [0.15, 0.2) is 36.4 Å². The van der Waals surface area contributed by atoms with Gasteiger partial charge < -0.3 is 9.47 Å². The topological polar surface area (TPSA) is 18.5 Å². The molecule has 20 heavy (non-hydrogen) atoms. The lowest BCUT2D eigenvalue weighted by atomic mass is 10.1. The molecule has 2 heteroatoms. The van der Waals surface area contributed by atoms with Gasteiger partial charge >= 0.3 is 0 Å². The maximum atomic E-state index is 5.18. The zero-order chi connectivity index (χ0) is 15.1. The Morgan fingerprint density at radius 1 is 0.700 bits per heavy atom. The van der Waals surface area contributed by atoms with Crippen molar-refractivity contribution in [2.45, 2.75) is 27.7 Å². The molecule has 0 N–H and O–H groups in total. The van der Waals surface area contributed by atoms with Crippen molar-refractivity contribution in [2.24, 2.45) is 0 Å². The molecule has 0 radical (unpaired) electrons. The number of ether oxygens (including phenoxy) is 2. The molecule has 0 aliphatic carbocycles. The van der Waals surface area contributed by atoms with Gasteiger partial charge in [-0.05, 0) is 56.0 Å². The number of para-hydroxylation sites is 1. The molecule has 0 aliphatic heterocycles. The molecule has 0 atom stereocenters. The van der Waals surface area contributed by atoms with Gasteiger partial charge in [0.15, 0.2) is 0 Å². The van der Waals surface area contributed by atoms with Crippen LogP contribution in [-0.2, 0) is 0 Å². The zero-order valence-corrected chi connectivity index (χ0v) is 13.3. The summed E-state index contributed by atoms with van der Waals surface area (Å²) in [7, 11) is 3.40. The minimum absolute atomic E-state index is 0.972. The highest BCUT2D eigenvalue weighted by Crippen LogP contribution is 2.21. The lowest BCUT2D eigenvalue weighted by Crippen LogP contribution is -1.89. The van der Waals surface area contributed by atoms with Crippen molar-refractivity contribution in [3.05, 3.63) is 58.7 Å². The quantitative estimate of drug-likeness (QED) is 0.794. The first-order valence-corrected chi connectivity index (χ1v) is 6.71. The average Bonchev–Trinajstić information content (AvgIpc) is 2.42. The first-order valence-electron chi connectivity index (χ1n) is 6.71. The summed E-state index contributed by atoms with van der Waals surface area (Å²) in [5.74, 6) is 1.97. The van der Waals surface area contributed by atoms with E-state index in [0.717, 1.165) is 11.5 Å². The zero-order valence-electron chi connectivity index (χ0n) is 13.3. The second kappa shape index (κ2) is 7.59. The van der Waals surface area contributed by atoms with Crippen molar-refractivity contribution in [2.75, 3.05) is 14.2 Å². The van der Waals surface area contributed by atoms with Crippen LogP contribution >= 0.6 is 0 Å². The van der Waals surface area contributed by atoms with E-state index in [-0.39, 0.29) is 0 Å². The van der Waals surface area contributed by atoms with Crippen LogP contribution in [0.2, 0.25) is 0 Å². The molecule has 0 saturated carbocycles. The fourth-order valence-electron chi connectivity index (χ4n) is 2.05. The highest BCUT2D eigenvalue weighted by Gasteiger charge is 1.98. The number of hydrogen-bond acceptors (Lipinski definition) is 2. The van der Waals surface area contributed by atoms with Crippen molar-refractivity contribution in [3.63, 3.8) is 0 Å². The van der Waals surface area contributed by atoms with E-state index >= 15 is 0 Å². The number of hydrogen-bond donors (Lipinski definition) is 0. The molecule has 0 bridgehead atoms. The van der Waals surface area contributed by atoms with E-state index < -0.39 is 0 Å². The first-order chi connectivity index (χ1) is 9.49. The molecule has 2 nitrogen and oxygen atoms in total. The van der Waals surface area contributed by atoms with Gasteiger partial charge in [0, 0.05) is 0 Å². The molecule has 0 heterocycles. The number of aryl methyl sites for hydroxylation is 4.